The molecule has 1 amide bonds. The number of nitrogens with one attached hydrogen (secondary N) is 1. The SMILES string of the molecule is COc1ccccc1NC(=O)CSc1ncc(-c2ccccc2)n1C. The van der Waals surface area contributed by atoms with E-state index < -0.39 is 0 Å². The van der Waals surface area contributed by atoms with E-state index in [9.17, 15) is 4.79 Å². The molecule has 0 unspecified atom stereocenters. The first-order chi connectivity index (χ1) is 12.2. The van der Waals surface area contributed by atoms with Gasteiger partial charge in [0.25, 0.3) is 0 Å². The zero-order chi connectivity index (χ0) is 17.6. The standard InChI is InChI=1S/C19H19N3O2S/c1-22-16(14-8-4-3-5-9-14)12-20-19(22)25-13-18(23)21-15-10-6-7-11-17(15)24-2/h3-12H,13H2,1-2H3,(H,21,23). The lowest BCUT2D eigenvalue weighted by Gasteiger charge is -2.10. The predicted molar refractivity (Wildman–Crippen MR) is 101 cm³/mol. The summed E-state index contributed by atoms with van der Waals surface area (Å²) >= 11 is 1.40. The number of methoxy groups -OCH3 is 1. The van der Waals surface area contributed by atoms with Gasteiger partial charge in [0.15, 0.2) is 5.16 Å². The summed E-state index contributed by atoms with van der Waals surface area (Å²) in [4.78, 5) is 16.6. The number of aromatic nitrogens is 2. The Labute approximate surface area is 151 Å². The molecule has 0 atom stereocenters. The van der Waals surface area contributed by atoms with Crippen LogP contribution in [0.5, 0.6) is 5.75 Å². The average molecular weight is 353 g/mol. The molecule has 0 fully saturated rings. The molecule has 3 rings (SSSR count). The van der Waals surface area contributed by atoms with Crippen molar-refractivity contribution in [3.63, 3.8) is 0 Å². The number of anilines is 1. The van der Waals surface area contributed by atoms with Gasteiger partial charge in [0.1, 0.15) is 5.75 Å². The van der Waals surface area contributed by atoms with Gasteiger partial charge in [-0.3, -0.25) is 4.79 Å². The molecule has 0 radical (unpaired) electrons. The van der Waals surface area contributed by atoms with E-state index in [-0.39, 0.29) is 11.7 Å². The van der Waals surface area contributed by atoms with Gasteiger partial charge in [-0.25, -0.2) is 4.98 Å². The van der Waals surface area contributed by atoms with Crippen molar-refractivity contribution in [1.29, 1.82) is 0 Å². The summed E-state index contributed by atoms with van der Waals surface area (Å²) in [5.74, 6) is 0.819. The van der Waals surface area contributed by atoms with Gasteiger partial charge in [-0.1, -0.05) is 54.2 Å². The maximum atomic E-state index is 12.2. The zero-order valence-electron chi connectivity index (χ0n) is 14.1. The third-order valence-corrected chi connectivity index (χ3v) is 4.77. The summed E-state index contributed by atoms with van der Waals surface area (Å²) < 4.78 is 7.24. The summed E-state index contributed by atoms with van der Waals surface area (Å²) in [7, 11) is 3.54. The summed E-state index contributed by atoms with van der Waals surface area (Å²) in [5, 5.41) is 3.67. The van der Waals surface area contributed by atoms with Crippen LogP contribution in [0.25, 0.3) is 11.3 Å². The predicted octanol–water partition coefficient (Wildman–Crippen LogP) is 3.83. The van der Waals surface area contributed by atoms with Gasteiger partial charge in [-0.15, -0.1) is 0 Å². The van der Waals surface area contributed by atoms with E-state index in [2.05, 4.69) is 10.3 Å². The number of nitrogens with zero attached hydrogens (tertiary/aromatic N) is 2. The Kier molecular flexibility index (Phi) is 5.40. The van der Waals surface area contributed by atoms with Gasteiger partial charge in [-0.2, -0.15) is 0 Å². The van der Waals surface area contributed by atoms with Gasteiger partial charge in [-0.05, 0) is 17.7 Å². The molecule has 0 aliphatic heterocycles. The number of ether oxygens (including phenoxy) is 1. The van der Waals surface area contributed by atoms with Crippen molar-refractivity contribution in [3.05, 3.63) is 60.8 Å². The highest BCUT2D eigenvalue weighted by Crippen LogP contribution is 2.26. The summed E-state index contributed by atoms with van der Waals surface area (Å²) in [6, 6.07) is 17.4. The highest BCUT2D eigenvalue weighted by molar-refractivity contribution is 7.99. The number of thioether (sulfide) groups is 1. The normalized spacial score (nSPS) is 10.5. The van der Waals surface area contributed by atoms with E-state index >= 15 is 0 Å². The number of rotatable bonds is 6. The first-order valence-electron chi connectivity index (χ1n) is 7.82. The third kappa shape index (κ3) is 4.03. The van der Waals surface area contributed by atoms with Crippen LogP contribution >= 0.6 is 11.8 Å². The highest BCUT2D eigenvalue weighted by Gasteiger charge is 2.12. The highest BCUT2D eigenvalue weighted by atomic mass is 32.2. The Morgan fingerprint density at radius 2 is 1.88 bits per heavy atom. The lowest BCUT2D eigenvalue weighted by Crippen LogP contribution is -2.15. The smallest absolute Gasteiger partial charge is 0.234 e. The van der Waals surface area contributed by atoms with Gasteiger partial charge in [0.2, 0.25) is 5.91 Å². The van der Waals surface area contributed by atoms with Crippen molar-refractivity contribution in [2.75, 3.05) is 18.2 Å². The molecule has 0 aliphatic carbocycles. The number of hydrogen-bond donors (Lipinski definition) is 1. The summed E-state index contributed by atoms with van der Waals surface area (Å²) in [6.07, 6.45) is 1.83. The number of carbonyl (C=O) groups is 1. The van der Waals surface area contributed by atoms with E-state index in [1.165, 1.54) is 11.8 Å². The Hall–Kier alpha value is -2.73. The Bertz CT molecular complexity index is 862. The van der Waals surface area contributed by atoms with E-state index in [1.54, 1.807) is 7.11 Å². The van der Waals surface area contributed by atoms with Crippen molar-refractivity contribution in [2.24, 2.45) is 7.05 Å². The first kappa shape index (κ1) is 17.1. The molecule has 0 bridgehead atoms. The minimum atomic E-state index is -0.0984. The van der Waals surface area contributed by atoms with Gasteiger partial charge < -0.3 is 14.6 Å². The lowest BCUT2D eigenvalue weighted by atomic mass is 10.2. The number of para-hydroxylation sites is 2. The van der Waals surface area contributed by atoms with Gasteiger partial charge >= 0.3 is 0 Å². The monoisotopic (exact) mass is 353 g/mol. The van der Waals surface area contributed by atoms with Crippen molar-refractivity contribution in [1.82, 2.24) is 9.55 Å². The van der Waals surface area contributed by atoms with Crippen LogP contribution in [0.1, 0.15) is 0 Å². The van der Waals surface area contributed by atoms with Crippen LogP contribution < -0.4 is 10.1 Å². The van der Waals surface area contributed by atoms with Crippen LogP contribution in [0, 0.1) is 0 Å². The molecule has 1 heterocycles. The molecule has 6 heteroatoms. The van der Waals surface area contributed by atoms with Crippen LogP contribution in [-0.2, 0) is 11.8 Å². The fourth-order valence-corrected chi connectivity index (χ4v) is 3.22. The molecule has 0 aliphatic rings. The number of hydrogen-bond acceptors (Lipinski definition) is 4. The van der Waals surface area contributed by atoms with E-state index in [0.717, 1.165) is 16.4 Å². The number of benzene rings is 2. The van der Waals surface area contributed by atoms with Crippen molar-refractivity contribution >= 4 is 23.4 Å². The molecule has 3 aromatic rings. The Balaban J connectivity index is 1.64. The molecule has 0 saturated carbocycles. The molecule has 0 spiro atoms. The second-order valence-corrected chi connectivity index (χ2v) is 6.33. The zero-order valence-corrected chi connectivity index (χ0v) is 14.9. The van der Waals surface area contributed by atoms with Crippen LogP contribution in [0.15, 0.2) is 66.0 Å². The Morgan fingerprint density at radius 1 is 1.16 bits per heavy atom. The summed E-state index contributed by atoms with van der Waals surface area (Å²) in [5.41, 5.74) is 2.79. The molecule has 1 N–H and O–H groups in total. The Morgan fingerprint density at radius 3 is 2.64 bits per heavy atom. The second kappa shape index (κ2) is 7.90. The minimum absolute atomic E-state index is 0.0984. The molecule has 128 valence electrons. The van der Waals surface area contributed by atoms with Gasteiger partial charge in [0.05, 0.1) is 30.4 Å². The maximum absolute atomic E-state index is 12.2. The summed E-state index contributed by atoms with van der Waals surface area (Å²) in [6.45, 7) is 0. The van der Waals surface area contributed by atoms with Crippen molar-refractivity contribution in [2.45, 2.75) is 5.16 Å². The molecule has 1 aromatic heterocycles. The topological polar surface area (TPSA) is 56.1 Å². The minimum Gasteiger partial charge on any atom is -0.495 e. The van der Waals surface area contributed by atoms with Crippen LogP contribution in [0.4, 0.5) is 5.69 Å². The first-order valence-corrected chi connectivity index (χ1v) is 8.80. The van der Waals surface area contributed by atoms with Crippen LogP contribution in [-0.4, -0.2) is 28.3 Å². The molecular weight excluding hydrogens is 334 g/mol. The van der Waals surface area contributed by atoms with Crippen LogP contribution in [0.3, 0.4) is 0 Å². The largest absolute Gasteiger partial charge is 0.495 e. The fraction of sp³-hybridized carbons (Fsp3) is 0.158. The molecular formula is C19H19N3O2S. The molecule has 5 nitrogen and oxygen atoms in total. The third-order valence-electron chi connectivity index (χ3n) is 3.73. The molecule has 2 aromatic carbocycles. The molecule has 25 heavy (non-hydrogen) atoms. The second-order valence-electron chi connectivity index (χ2n) is 5.39. The quantitative estimate of drug-likeness (QED) is 0.685. The fourth-order valence-electron chi connectivity index (χ4n) is 2.47. The van der Waals surface area contributed by atoms with Crippen molar-refractivity contribution in [3.8, 4) is 17.0 Å². The van der Waals surface area contributed by atoms with E-state index in [0.29, 0.717) is 11.4 Å². The number of amides is 1. The number of imidazole rings is 1. The lowest BCUT2D eigenvalue weighted by molar-refractivity contribution is -0.113. The molecule has 0 saturated heterocycles. The van der Waals surface area contributed by atoms with E-state index in [4.69, 9.17) is 4.74 Å². The van der Waals surface area contributed by atoms with E-state index in [1.807, 2.05) is 72.4 Å². The van der Waals surface area contributed by atoms with Gasteiger partial charge in [0, 0.05) is 7.05 Å². The maximum Gasteiger partial charge on any atom is 0.234 e. The van der Waals surface area contributed by atoms with Crippen molar-refractivity contribution < 1.29 is 9.53 Å². The average Bonchev–Trinajstić information content (AvgIpc) is 3.02. The number of carbonyl (C=O) groups excluding carboxylic acids is 1. The van der Waals surface area contributed by atoms with Crippen LogP contribution in [0.2, 0.25) is 0 Å².